The molecule has 0 saturated heterocycles. The van der Waals surface area contributed by atoms with Gasteiger partial charge in [0.15, 0.2) is 11.5 Å². The third kappa shape index (κ3) is 5.08. The Bertz CT molecular complexity index is 2270. The van der Waals surface area contributed by atoms with Crippen molar-refractivity contribution in [2.45, 2.75) is 32.9 Å². The lowest BCUT2D eigenvalue weighted by molar-refractivity contribution is 0.0941. The number of hydrogen-bond donors (Lipinski definition) is 2. The summed E-state index contributed by atoms with van der Waals surface area (Å²) >= 11 is 0. The average Bonchev–Trinajstić information content (AvgIpc) is 3.58. The van der Waals surface area contributed by atoms with Crippen LogP contribution in [0.3, 0.4) is 0 Å². The first kappa shape index (κ1) is 29.0. The second-order valence-electron chi connectivity index (χ2n) is 11.5. The molecular formula is C35H33N9O2. The van der Waals surface area contributed by atoms with E-state index in [1.54, 1.807) is 29.2 Å². The third-order valence-electron chi connectivity index (χ3n) is 8.60. The van der Waals surface area contributed by atoms with Gasteiger partial charge in [-0.25, -0.2) is 9.50 Å². The number of hydrogen-bond acceptors (Lipinski definition) is 7. The number of fused-ring (bicyclic) bond motifs is 6. The lowest BCUT2D eigenvalue weighted by Gasteiger charge is -2.23. The number of nitrogens with one attached hydrogen (secondary N) is 1. The number of aryl methyl sites for hydroxylation is 1. The van der Waals surface area contributed by atoms with E-state index in [0.29, 0.717) is 34.5 Å². The van der Waals surface area contributed by atoms with Crippen molar-refractivity contribution < 1.29 is 4.79 Å². The van der Waals surface area contributed by atoms with Gasteiger partial charge in [0.25, 0.3) is 11.5 Å². The predicted octanol–water partition coefficient (Wildman–Crippen LogP) is 3.62. The molecule has 0 radical (unpaired) electrons. The summed E-state index contributed by atoms with van der Waals surface area (Å²) in [5.74, 6) is 6.23. The number of benzene rings is 2. The molecule has 0 aliphatic carbocycles. The first-order valence-corrected chi connectivity index (χ1v) is 15.2. The van der Waals surface area contributed by atoms with Crippen molar-refractivity contribution in [2.75, 3.05) is 18.8 Å². The molecule has 11 heteroatoms. The maximum Gasteiger partial charge on any atom is 0.264 e. The summed E-state index contributed by atoms with van der Waals surface area (Å²) in [5, 5.41) is 13.0. The molecule has 4 aromatic heterocycles. The maximum absolute atomic E-state index is 14.6. The third-order valence-corrected chi connectivity index (χ3v) is 8.60. The monoisotopic (exact) mass is 611 g/mol. The molecule has 0 saturated carbocycles. The van der Waals surface area contributed by atoms with Crippen LogP contribution in [0.25, 0.3) is 22.1 Å². The minimum absolute atomic E-state index is 0.0739. The van der Waals surface area contributed by atoms with E-state index in [0.717, 1.165) is 41.7 Å². The summed E-state index contributed by atoms with van der Waals surface area (Å²) in [5.41, 5.74) is 11.4. The zero-order valence-corrected chi connectivity index (χ0v) is 25.9. The van der Waals surface area contributed by atoms with E-state index in [9.17, 15) is 9.59 Å². The number of rotatable bonds is 4. The molecule has 5 heterocycles. The number of nitrogens with zero attached hydrogens (tertiary/aromatic N) is 7. The van der Waals surface area contributed by atoms with Crippen molar-refractivity contribution in [2.24, 2.45) is 7.05 Å². The van der Waals surface area contributed by atoms with Crippen LogP contribution in [0, 0.1) is 11.8 Å². The molecule has 2 aromatic carbocycles. The van der Waals surface area contributed by atoms with Gasteiger partial charge >= 0.3 is 0 Å². The lowest BCUT2D eigenvalue weighted by Crippen LogP contribution is -2.32. The van der Waals surface area contributed by atoms with Gasteiger partial charge in [-0.05, 0) is 54.8 Å². The zero-order valence-electron chi connectivity index (χ0n) is 25.9. The molecule has 4 bridgehead atoms. The van der Waals surface area contributed by atoms with E-state index >= 15 is 0 Å². The van der Waals surface area contributed by atoms with Gasteiger partial charge in [0.1, 0.15) is 5.56 Å². The first-order valence-electron chi connectivity index (χ1n) is 15.2. The highest BCUT2D eigenvalue weighted by Gasteiger charge is 2.24. The summed E-state index contributed by atoms with van der Waals surface area (Å²) in [7, 11) is 1.94. The van der Waals surface area contributed by atoms with Crippen molar-refractivity contribution in [3.63, 3.8) is 0 Å². The Hall–Kier alpha value is -5.73. The fourth-order valence-corrected chi connectivity index (χ4v) is 6.20. The molecule has 0 fully saturated rings. The van der Waals surface area contributed by atoms with Crippen molar-refractivity contribution in [3.8, 4) is 17.5 Å². The number of carbonyl (C=O) groups is 1. The number of likely N-dealkylation sites (N-methyl/N-ethyl adjacent to an activating group) is 1. The predicted molar refractivity (Wildman–Crippen MR) is 177 cm³/mol. The number of pyridine rings is 1. The first-order chi connectivity index (χ1) is 22.3. The summed E-state index contributed by atoms with van der Waals surface area (Å²) in [6, 6.07) is 16.8. The van der Waals surface area contributed by atoms with Crippen LogP contribution in [0.2, 0.25) is 0 Å². The molecule has 1 aliphatic heterocycles. The number of aromatic nitrogens is 6. The SMILES string of the molecule is CCN1CCc2c(cnn2C)C#Cc2cccc3cc(C(C)NC(=O)c4c(N)nn5cccnc45)n(c(=O)c23)-c2cccc(c2)C1. The summed E-state index contributed by atoms with van der Waals surface area (Å²) < 4.78 is 5.04. The van der Waals surface area contributed by atoms with Crippen LogP contribution in [0.4, 0.5) is 5.82 Å². The molecule has 0 spiro atoms. The standard InChI is InChI=1S/C35H33N9O2/c1-4-42-17-14-28-26(20-38-41(28)3)13-12-24-9-6-10-25-19-29(44(35(46)30(24)25)27-11-5-8-23(18-27)21-42)22(2)39-34(45)31-32(36)40-43-16-7-15-37-33(31)43/h5-11,15-16,18-20,22H,4,14,17,21H2,1-3H3,(H2,36,40)(H,39,45). The van der Waals surface area contributed by atoms with Crippen LogP contribution in [-0.2, 0) is 20.0 Å². The molecule has 230 valence electrons. The number of anilines is 1. The molecule has 6 aromatic rings. The highest BCUT2D eigenvalue weighted by atomic mass is 16.2. The topological polar surface area (TPSA) is 128 Å². The fourth-order valence-electron chi connectivity index (χ4n) is 6.20. The van der Waals surface area contributed by atoms with Gasteiger partial charge in [-0.3, -0.25) is 23.7 Å². The normalized spacial score (nSPS) is 13.9. The van der Waals surface area contributed by atoms with Gasteiger partial charge in [-0.2, -0.15) is 5.10 Å². The molecule has 11 nitrogen and oxygen atoms in total. The fraction of sp³-hybridized carbons (Fsp3) is 0.229. The Kier molecular flexibility index (Phi) is 7.34. The van der Waals surface area contributed by atoms with Gasteiger partial charge in [-0.15, -0.1) is 5.10 Å². The van der Waals surface area contributed by atoms with Crippen LogP contribution in [0.15, 0.2) is 78.0 Å². The van der Waals surface area contributed by atoms with E-state index in [1.807, 2.05) is 61.1 Å². The highest BCUT2D eigenvalue weighted by molar-refractivity contribution is 6.04. The zero-order chi connectivity index (χ0) is 31.9. The smallest absolute Gasteiger partial charge is 0.264 e. The van der Waals surface area contributed by atoms with Gasteiger partial charge in [0.05, 0.1) is 28.9 Å². The second kappa shape index (κ2) is 11.6. The largest absolute Gasteiger partial charge is 0.381 e. The molecule has 7 rings (SSSR count). The molecule has 1 amide bonds. The van der Waals surface area contributed by atoms with Crippen LogP contribution < -0.4 is 16.6 Å². The van der Waals surface area contributed by atoms with Gasteiger partial charge in [0.2, 0.25) is 0 Å². The maximum atomic E-state index is 14.6. The number of nitrogens with two attached hydrogens (primary N) is 1. The Morgan fingerprint density at radius 2 is 1.93 bits per heavy atom. The molecule has 1 atom stereocenters. The summed E-state index contributed by atoms with van der Waals surface area (Å²) in [6.07, 6.45) is 5.85. The number of carbonyl (C=O) groups excluding carboxylic acids is 1. The Morgan fingerprint density at radius 3 is 2.78 bits per heavy atom. The van der Waals surface area contributed by atoms with E-state index in [-0.39, 0.29) is 16.9 Å². The number of amides is 1. The van der Waals surface area contributed by atoms with Crippen molar-refractivity contribution in [3.05, 3.63) is 117 Å². The average molecular weight is 612 g/mol. The summed E-state index contributed by atoms with van der Waals surface area (Å²) in [6.45, 7) is 6.39. The van der Waals surface area contributed by atoms with E-state index in [1.165, 1.54) is 4.52 Å². The quantitative estimate of drug-likeness (QED) is 0.292. The van der Waals surface area contributed by atoms with Crippen molar-refractivity contribution in [1.29, 1.82) is 0 Å². The van der Waals surface area contributed by atoms with E-state index in [4.69, 9.17) is 5.73 Å². The van der Waals surface area contributed by atoms with Crippen LogP contribution in [-0.4, -0.2) is 52.8 Å². The molecule has 1 aliphatic rings. The molecule has 3 N–H and O–H groups in total. The van der Waals surface area contributed by atoms with Crippen LogP contribution in [0.1, 0.15) is 58.3 Å². The van der Waals surface area contributed by atoms with Crippen molar-refractivity contribution in [1.82, 2.24) is 39.2 Å². The second-order valence-corrected chi connectivity index (χ2v) is 11.5. The Labute approximate surface area is 265 Å². The van der Waals surface area contributed by atoms with E-state index in [2.05, 4.69) is 50.2 Å². The molecule has 1 unspecified atom stereocenters. The van der Waals surface area contributed by atoms with Gasteiger partial charge in [0, 0.05) is 55.9 Å². The van der Waals surface area contributed by atoms with Gasteiger partial charge < -0.3 is 11.1 Å². The van der Waals surface area contributed by atoms with E-state index < -0.39 is 11.9 Å². The minimum Gasteiger partial charge on any atom is -0.381 e. The van der Waals surface area contributed by atoms with Gasteiger partial charge in [-0.1, -0.05) is 43.0 Å². The molecular weight excluding hydrogens is 578 g/mol. The number of nitrogen functional groups attached to an aromatic ring is 1. The highest BCUT2D eigenvalue weighted by Crippen LogP contribution is 2.25. The van der Waals surface area contributed by atoms with Crippen LogP contribution in [0.5, 0.6) is 0 Å². The summed E-state index contributed by atoms with van der Waals surface area (Å²) in [4.78, 5) is 34.9. The Balaban J connectivity index is 1.41. The van der Waals surface area contributed by atoms with Crippen molar-refractivity contribution >= 4 is 28.1 Å². The Morgan fingerprint density at radius 1 is 1.11 bits per heavy atom. The minimum atomic E-state index is -0.590. The lowest BCUT2D eigenvalue weighted by atomic mass is 10.0. The van der Waals surface area contributed by atoms with Crippen LogP contribution >= 0.6 is 0 Å². The molecule has 46 heavy (non-hydrogen) atoms.